The molecule has 22 heavy (non-hydrogen) atoms. The Bertz CT molecular complexity index is 529. The standard InChI is InChI=1S/C18H20F3N/c19-18(20,21)17-11-9-16(10-12-17)15-7-5-14(6-8-15)4-2-1-3-13-22/h1,3,9-12,14-15H,2,4-8H2/b3-1+. The normalized spacial score (nSPS) is 22.6. The highest BCUT2D eigenvalue weighted by Gasteiger charge is 2.30. The Morgan fingerprint density at radius 3 is 2.27 bits per heavy atom. The van der Waals surface area contributed by atoms with Crippen molar-refractivity contribution in [3.8, 4) is 6.07 Å². The highest BCUT2D eigenvalue weighted by Crippen LogP contribution is 2.38. The summed E-state index contributed by atoms with van der Waals surface area (Å²) in [6.45, 7) is 0. The maximum atomic E-state index is 12.6. The number of allylic oxidation sites excluding steroid dienone is 2. The summed E-state index contributed by atoms with van der Waals surface area (Å²) < 4.78 is 37.7. The third-order valence-electron chi connectivity index (χ3n) is 4.49. The molecule has 0 aliphatic heterocycles. The van der Waals surface area contributed by atoms with Crippen molar-refractivity contribution >= 4 is 0 Å². The van der Waals surface area contributed by atoms with Crippen molar-refractivity contribution in [1.29, 1.82) is 5.26 Å². The summed E-state index contributed by atoms with van der Waals surface area (Å²) in [5.74, 6) is 1.06. The first kappa shape index (κ1) is 16.6. The lowest BCUT2D eigenvalue weighted by atomic mass is 9.77. The Balaban J connectivity index is 1.84. The molecule has 0 amide bonds. The number of alkyl halides is 3. The van der Waals surface area contributed by atoms with Gasteiger partial charge in [0, 0.05) is 6.08 Å². The van der Waals surface area contributed by atoms with Crippen LogP contribution in [0.3, 0.4) is 0 Å². The molecule has 0 unspecified atom stereocenters. The van der Waals surface area contributed by atoms with Gasteiger partial charge in [0.25, 0.3) is 0 Å². The highest BCUT2D eigenvalue weighted by atomic mass is 19.4. The van der Waals surface area contributed by atoms with E-state index in [4.69, 9.17) is 5.26 Å². The first-order valence-electron chi connectivity index (χ1n) is 7.72. The van der Waals surface area contributed by atoms with Gasteiger partial charge in [-0.3, -0.25) is 0 Å². The molecule has 0 saturated heterocycles. The number of hydrogen-bond donors (Lipinski definition) is 0. The molecule has 0 aromatic heterocycles. The maximum absolute atomic E-state index is 12.6. The summed E-state index contributed by atoms with van der Waals surface area (Å²) in [5, 5.41) is 8.43. The van der Waals surface area contributed by atoms with Gasteiger partial charge in [-0.05, 0) is 68.1 Å². The van der Waals surface area contributed by atoms with Crippen LogP contribution in [0.2, 0.25) is 0 Å². The van der Waals surface area contributed by atoms with Gasteiger partial charge in [0.1, 0.15) is 0 Å². The number of benzene rings is 1. The van der Waals surface area contributed by atoms with Crippen LogP contribution in [0.15, 0.2) is 36.4 Å². The topological polar surface area (TPSA) is 23.8 Å². The van der Waals surface area contributed by atoms with E-state index >= 15 is 0 Å². The van der Waals surface area contributed by atoms with Gasteiger partial charge in [0.2, 0.25) is 0 Å². The molecule has 0 bridgehead atoms. The van der Waals surface area contributed by atoms with Crippen molar-refractivity contribution in [2.75, 3.05) is 0 Å². The van der Waals surface area contributed by atoms with Crippen LogP contribution in [0.4, 0.5) is 13.2 Å². The van der Waals surface area contributed by atoms with Gasteiger partial charge in [-0.1, -0.05) is 18.2 Å². The maximum Gasteiger partial charge on any atom is 0.416 e. The predicted molar refractivity (Wildman–Crippen MR) is 80.1 cm³/mol. The summed E-state index contributed by atoms with van der Waals surface area (Å²) in [6, 6.07) is 7.62. The fraction of sp³-hybridized carbons (Fsp3) is 0.500. The summed E-state index contributed by atoms with van der Waals surface area (Å²) in [6.07, 6.45) is 5.51. The lowest BCUT2D eigenvalue weighted by Gasteiger charge is -2.28. The zero-order valence-electron chi connectivity index (χ0n) is 12.4. The lowest BCUT2D eigenvalue weighted by Crippen LogP contribution is -2.13. The van der Waals surface area contributed by atoms with Crippen molar-refractivity contribution in [1.82, 2.24) is 0 Å². The smallest absolute Gasteiger partial charge is 0.193 e. The van der Waals surface area contributed by atoms with Crippen LogP contribution in [0.25, 0.3) is 0 Å². The Kier molecular flexibility index (Phi) is 5.65. The van der Waals surface area contributed by atoms with Crippen LogP contribution < -0.4 is 0 Å². The number of halogens is 3. The molecule has 1 aromatic carbocycles. The van der Waals surface area contributed by atoms with E-state index in [1.54, 1.807) is 12.1 Å². The van der Waals surface area contributed by atoms with Crippen LogP contribution >= 0.6 is 0 Å². The fourth-order valence-corrected chi connectivity index (χ4v) is 3.20. The monoisotopic (exact) mass is 307 g/mol. The van der Waals surface area contributed by atoms with Gasteiger partial charge >= 0.3 is 6.18 Å². The van der Waals surface area contributed by atoms with E-state index in [-0.39, 0.29) is 0 Å². The Labute approximate surface area is 129 Å². The molecule has 1 saturated carbocycles. The van der Waals surface area contributed by atoms with Crippen LogP contribution in [0, 0.1) is 17.2 Å². The molecule has 1 fully saturated rings. The number of nitrogens with zero attached hydrogens (tertiary/aromatic N) is 1. The van der Waals surface area contributed by atoms with Crippen molar-refractivity contribution in [3.05, 3.63) is 47.5 Å². The highest BCUT2D eigenvalue weighted by molar-refractivity contribution is 5.27. The molecule has 0 atom stereocenters. The average molecular weight is 307 g/mol. The van der Waals surface area contributed by atoms with Gasteiger partial charge in [-0.2, -0.15) is 18.4 Å². The Morgan fingerprint density at radius 2 is 1.73 bits per heavy atom. The molecule has 0 heterocycles. The predicted octanol–water partition coefficient (Wildman–Crippen LogP) is 5.84. The van der Waals surface area contributed by atoms with Gasteiger partial charge in [-0.25, -0.2) is 0 Å². The van der Waals surface area contributed by atoms with Crippen LogP contribution in [0.1, 0.15) is 55.6 Å². The summed E-state index contributed by atoms with van der Waals surface area (Å²) >= 11 is 0. The molecule has 4 heteroatoms. The fourth-order valence-electron chi connectivity index (χ4n) is 3.20. The zero-order valence-corrected chi connectivity index (χ0v) is 12.4. The third kappa shape index (κ3) is 4.62. The first-order valence-corrected chi connectivity index (χ1v) is 7.72. The minimum absolute atomic E-state index is 0.383. The molecule has 0 N–H and O–H groups in total. The SMILES string of the molecule is N#C/C=C/CCC1CCC(c2ccc(C(F)(F)F)cc2)CC1. The zero-order chi connectivity index (χ0) is 16.0. The molecular weight excluding hydrogens is 287 g/mol. The van der Waals surface area contributed by atoms with E-state index in [1.165, 1.54) is 18.2 Å². The number of nitriles is 1. The third-order valence-corrected chi connectivity index (χ3v) is 4.49. The lowest BCUT2D eigenvalue weighted by molar-refractivity contribution is -0.137. The van der Waals surface area contributed by atoms with Crippen LogP contribution in [0.5, 0.6) is 0 Å². The molecule has 0 spiro atoms. The van der Waals surface area contributed by atoms with Gasteiger partial charge < -0.3 is 0 Å². The quantitative estimate of drug-likeness (QED) is 0.641. The molecule has 0 radical (unpaired) electrons. The Morgan fingerprint density at radius 1 is 1.09 bits per heavy atom. The average Bonchev–Trinajstić information content (AvgIpc) is 2.51. The van der Waals surface area contributed by atoms with Crippen molar-refractivity contribution < 1.29 is 13.2 Å². The van der Waals surface area contributed by atoms with Gasteiger partial charge in [0.05, 0.1) is 11.6 Å². The minimum atomic E-state index is -4.26. The van der Waals surface area contributed by atoms with E-state index in [9.17, 15) is 13.2 Å². The molecule has 1 nitrogen and oxygen atoms in total. The second-order valence-electron chi connectivity index (χ2n) is 5.95. The van der Waals surface area contributed by atoms with E-state index < -0.39 is 11.7 Å². The van der Waals surface area contributed by atoms with Crippen LogP contribution in [-0.2, 0) is 6.18 Å². The summed E-state index contributed by atoms with van der Waals surface area (Å²) in [4.78, 5) is 0. The number of hydrogen-bond acceptors (Lipinski definition) is 1. The van der Waals surface area contributed by atoms with Crippen molar-refractivity contribution in [3.63, 3.8) is 0 Å². The van der Waals surface area contributed by atoms with Gasteiger partial charge in [0.15, 0.2) is 0 Å². The van der Waals surface area contributed by atoms with Crippen molar-refractivity contribution in [2.45, 2.75) is 50.6 Å². The molecule has 1 aliphatic rings. The summed E-state index contributed by atoms with van der Waals surface area (Å²) in [7, 11) is 0. The minimum Gasteiger partial charge on any atom is -0.193 e. The molecule has 1 aromatic rings. The second-order valence-corrected chi connectivity index (χ2v) is 5.95. The van der Waals surface area contributed by atoms with E-state index in [0.717, 1.165) is 44.1 Å². The Hall–Kier alpha value is -1.76. The molecule has 2 rings (SSSR count). The summed E-state index contributed by atoms with van der Waals surface area (Å²) in [5.41, 5.74) is 0.449. The number of rotatable bonds is 4. The molecular formula is C18H20F3N. The second kappa shape index (κ2) is 7.49. The van der Waals surface area contributed by atoms with Gasteiger partial charge in [-0.15, -0.1) is 0 Å². The van der Waals surface area contributed by atoms with Crippen LogP contribution in [-0.4, -0.2) is 0 Å². The largest absolute Gasteiger partial charge is 0.416 e. The van der Waals surface area contributed by atoms with E-state index in [0.29, 0.717) is 11.8 Å². The first-order chi connectivity index (χ1) is 10.5. The molecule has 118 valence electrons. The van der Waals surface area contributed by atoms with E-state index in [2.05, 4.69) is 0 Å². The van der Waals surface area contributed by atoms with E-state index in [1.807, 2.05) is 12.1 Å². The van der Waals surface area contributed by atoms with Crippen molar-refractivity contribution in [2.24, 2.45) is 5.92 Å². The molecule has 1 aliphatic carbocycles.